The first-order valence-electron chi connectivity index (χ1n) is 7.28. The average molecular weight is 288 g/mol. The Morgan fingerprint density at radius 1 is 1.43 bits per heavy atom. The van der Waals surface area contributed by atoms with Crippen molar-refractivity contribution in [2.75, 3.05) is 19.6 Å². The monoisotopic (exact) mass is 288 g/mol. The number of para-hydroxylation sites is 2. The van der Waals surface area contributed by atoms with Gasteiger partial charge < -0.3 is 20.7 Å². The van der Waals surface area contributed by atoms with Crippen LogP contribution >= 0.6 is 0 Å². The maximum atomic E-state index is 11.8. The lowest BCUT2D eigenvalue weighted by Gasteiger charge is -2.21. The maximum absolute atomic E-state index is 11.8. The molecule has 0 saturated carbocycles. The summed E-state index contributed by atoms with van der Waals surface area (Å²) >= 11 is 0. The van der Waals surface area contributed by atoms with Gasteiger partial charge in [0.05, 0.1) is 16.6 Å². The van der Waals surface area contributed by atoms with Crippen molar-refractivity contribution in [1.82, 2.24) is 20.6 Å². The Morgan fingerprint density at radius 2 is 2.29 bits per heavy atom. The molecule has 3 rings (SSSR count). The Kier molecular flexibility index (Phi) is 3.90. The number of nitrogens with one attached hydrogen (secondary N) is 3. The number of fused-ring (bicyclic) bond motifs is 1. The first-order valence-corrected chi connectivity index (χ1v) is 7.28. The van der Waals surface area contributed by atoms with E-state index in [-0.39, 0.29) is 5.91 Å². The van der Waals surface area contributed by atoms with Crippen molar-refractivity contribution in [1.29, 1.82) is 0 Å². The van der Waals surface area contributed by atoms with Crippen LogP contribution in [0.3, 0.4) is 0 Å². The molecule has 6 heteroatoms. The van der Waals surface area contributed by atoms with Crippen LogP contribution in [-0.4, -0.2) is 46.2 Å². The van der Waals surface area contributed by atoms with Gasteiger partial charge in [-0.3, -0.25) is 4.79 Å². The predicted octanol–water partition coefficient (Wildman–Crippen LogP) is 0.336. The molecule has 21 heavy (non-hydrogen) atoms. The molecule has 6 nitrogen and oxygen atoms in total. The highest BCUT2D eigenvalue weighted by molar-refractivity contribution is 5.77. The van der Waals surface area contributed by atoms with Gasteiger partial charge in [0.2, 0.25) is 5.91 Å². The van der Waals surface area contributed by atoms with E-state index in [0.29, 0.717) is 32.4 Å². The zero-order valence-corrected chi connectivity index (χ0v) is 11.9. The number of rotatable bonds is 5. The van der Waals surface area contributed by atoms with Crippen LogP contribution < -0.4 is 10.6 Å². The van der Waals surface area contributed by atoms with Crippen molar-refractivity contribution in [2.45, 2.75) is 24.9 Å². The fraction of sp³-hybridized carbons (Fsp3) is 0.467. The summed E-state index contributed by atoms with van der Waals surface area (Å²) in [7, 11) is 0. The molecule has 1 aliphatic heterocycles. The number of aromatic amines is 1. The van der Waals surface area contributed by atoms with E-state index in [9.17, 15) is 9.90 Å². The molecular weight excluding hydrogens is 268 g/mol. The van der Waals surface area contributed by atoms with Crippen LogP contribution in [0.5, 0.6) is 0 Å². The van der Waals surface area contributed by atoms with E-state index in [1.165, 1.54) is 0 Å². The van der Waals surface area contributed by atoms with Gasteiger partial charge in [-0.1, -0.05) is 12.1 Å². The zero-order valence-electron chi connectivity index (χ0n) is 11.9. The van der Waals surface area contributed by atoms with Gasteiger partial charge in [-0.05, 0) is 25.1 Å². The summed E-state index contributed by atoms with van der Waals surface area (Å²) in [5.74, 6) is 0.753. The molecular formula is C15H20N4O2. The van der Waals surface area contributed by atoms with Crippen molar-refractivity contribution >= 4 is 16.9 Å². The number of aliphatic hydroxyl groups is 1. The van der Waals surface area contributed by atoms with Gasteiger partial charge in [0, 0.05) is 25.9 Å². The Morgan fingerprint density at radius 3 is 3.05 bits per heavy atom. The van der Waals surface area contributed by atoms with E-state index in [1.54, 1.807) is 0 Å². The van der Waals surface area contributed by atoms with Gasteiger partial charge >= 0.3 is 0 Å². The third-order valence-corrected chi connectivity index (χ3v) is 3.86. The molecule has 0 radical (unpaired) electrons. The number of aromatic nitrogens is 2. The first kappa shape index (κ1) is 14.0. The number of H-pyrrole nitrogens is 1. The lowest BCUT2D eigenvalue weighted by atomic mass is 10.0. The molecule has 112 valence electrons. The highest BCUT2D eigenvalue weighted by Gasteiger charge is 2.31. The molecule has 1 unspecified atom stereocenters. The molecule has 1 amide bonds. The van der Waals surface area contributed by atoms with Crippen LogP contribution in [0.25, 0.3) is 11.0 Å². The maximum Gasteiger partial charge on any atom is 0.220 e. The number of aryl methyl sites for hydroxylation is 1. The topological polar surface area (TPSA) is 90.0 Å². The van der Waals surface area contributed by atoms with Gasteiger partial charge in [0.15, 0.2) is 0 Å². The van der Waals surface area contributed by atoms with E-state index < -0.39 is 5.60 Å². The molecule has 2 heterocycles. The molecule has 0 spiro atoms. The summed E-state index contributed by atoms with van der Waals surface area (Å²) in [5, 5.41) is 16.0. The second kappa shape index (κ2) is 5.83. The van der Waals surface area contributed by atoms with E-state index in [2.05, 4.69) is 20.6 Å². The van der Waals surface area contributed by atoms with Crippen molar-refractivity contribution in [2.24, 2.45) is 0 Å². The summed E-state index contributed by atoms with van der Waals surface area (Å²) < 4.78 is 0. The van der Waals surface area contributed by atoms with Gasteiger partial charge in [-0.15, -0.1) is 0 Å². The minimum atomic E-state index is -0.797. The number of carbonyl (C=O) groups excluding carboxylic acids is 1. The van der Waals surface area contributed by atoms with E-state index in [0.717, 1.165) is 23.4 Å². The lowest BCUT2D eigenvalue weighted by molar-refractivity contribution is -0.122. The highest BCUT2D eigenvalue weighted by Crippen LogP contribution is 2.13. The molecule has 1 fully saturated rings. The Bertz CT molecular complexity index is 598. The SMILES string of the molecule is O=C(CCc1nc2ccccc2[nH]1)NCC1(O)CCNC1. The second-order valence-corrected chi connectivity index (χ2v) is 5.63. The molecule has 1 aromatic carbocycles. The van der Waals surface area contributed by atoms with Gasteiger partial charge in [0.25, 0.3) is 0 Å². The number of imidazole rings is 1. The molecule has 1 atom stereocenters. The number of hydrogen-bond acceptors (Lipinski definition) is 4. The van der Waals surface area contributed by atoms with Gasteiger partial charge in [-0.25, -0.2) is 4.98 Å². The molecule has 1 aromatic heterocycles. The minimum absolute atomic E-state index is 0.0595. The van der Waals surface area contributed by atoms with E-state index in [4.69, 9.17) is 0 Å². The average Bonchev–Trinajstić information content (AvgIpc) is 3.09. The van der Waals surface area contributed by atoms with Gasteiger partial charge in [0.1, 0.15) is 5.82 Å². The number of carbonyl (C=O) groups is 1. The smallest absolute Gasteiger partial charge is 0.220 e. The Balaban J connectivity index is 1.49. The molecule has 1 aliphatic rings. The van der Waals surface area contributed by atoms with E-state index in [1.807, 2.05) is 24.3 Å². The Labute approximate surface area is 123 Å². The molecule has 0 aliphatic carbocycles. The first-order chi connectivity index (χ1) is 10.1. The van der Waals surface area contributed by atoms with Crippen molar-refractivity contribution in [3.8, 4) is 0 Å². The lowest BCUT2D eigenvalue weighted by Crippen LogP contribution is -2.44. The number of nitrogens with zero attached hydrogens (tertiary/aromatic N) is 1. The standard InChI is InChI=1S/C15H20N4O2/c20-14(17-10-15(21)7-8-16-9-15)6-5-13-18-11-3-1-2-4-12(11)19-13/h1-4,16,21H,5-10H2,(H,17,20)(H,18,19). The van der Waals surface area contributed by atoms with Crippen molar-refractivity contribution < 1.29 is 9.90 Å². The largest absolute Gasteiger partial charge is 0.387 e. The molecule has 0 bridgehead atoms. The quantitative estimate of drug-likeness (QED) is 0.638. The minimum Gasteiger partial charge on any atom is -0.387 e. The number of β-amino-alcohol motifs (C(OH)–C–C–N with tert-alkyl or cyclic N) is 1. The fourth-order valence-electron chi connectivity index (χ4n) is 2.59. The van der Waals surface area contributed by atoms with Crippen molar-refractivity contribution in [3.05, 3.63) is 30.1 Å². The second-order valence-electron chi connectivity index (χ2n) is 5.63. The third-order valence-electron chi connectivity index (χ3n) is 3.86. The summed E-state index contributed by atoms with van der Waals surface area (Å²) in [4.78, 5) is 19.5. The molecule has 2 aromatic rings. The summed E-state index contributed by atoms with van der Waals surface area (Å²) in [6, 6.07) is 7.80. The van der Waals surface area contributed by atoms with Crippen LogP contribution in [0, 0.1) is 0 Å². The summed E-state index contributed by atoms with van der Waals surface area (Å²) in [6.45, 7) is 1.64. The number of hydrogen-bond donors (Lipinski definition) is 4. The zero-order chi connectivity index (χ0) is 14.7. The van der Waals surface area contributed by atoms with Crippen LogP contribution in [0.4, 0.5) is 0 Å². The van der Waals surface area contributed by atoms with Crippen LogP contribution in [0.2, 0.25) is 0 Å². The van der Waals surface area contributed by atoms with Crippen LogP contribution in [-0.2, 0) is 11.2 Å². The molecule has 4 N–H and O–H groups in total. The van der Waals surface area contributed by atoms with Gasteiger partial charge in [-0.2, -0.15) is 0 Å². The third kappa shape index (κ3) is 3.40. The Hall–Kier alpha value is -1.92. The fourth-order valence-corrected chi connectivity index (χ4v) is 2.59. The van der Waals surface area contributed by atoms with Crippen LogP contribution in [0.1, 0.15) is 18.7 Å². The van der Waals surface area contributed by atoms with E-state index >= 15 is 0 Å². The van der Waals surface area contributed by atoms with Crippen LogP contribution in [0.15, 0.2) is 24.3 Å². The normalized spacial score (nSPS) is 21.8. The number of benzene rings is 1. The number of amides is 1. The predicted molar refractivity (Wildman–Crippen MR) is 79.9 cm³/mol. The molecule has 1 saturated heterocycles. The highest BCUT2D eigenvalue weighted by atomic mass is 16.3. The summed E-state index contributed by atoms with van der Waals surface area (Å²) in [6.07, 6.45) is 1.61. The van der Waals surface area contributed by atoms with Crippen molar-refractivity contribution in [3.63, 3.8) is 0 Å². The summed E-state index contributed by atoms with van der Waals surface area (Å²) in [5.41, 5.74) is 1.10.